The Morgan fingerprint density at radius 2 is 1.76 bits per heavy atom. The Hall–Kier alpha value is -1.10. The fraction of sp³-hybridized carbons (Fsp3) is 0.875. The number of amides is 1. The number of ether oxygens (including phenoxy) is 2. The molecule has 1 N–H and O–H groups in total. The quantitative estimate of drug-likeness (QED) is 0.700. The SMILES string of the molecule is CC[C@H](C)[C@H](NC(=O)CCC(C)OC)C(=O)OC(C)(C)C. The van der Waals surface area contributed by atoms with E-state index in [4.69, 9.17) is 9.47 Å². The summed E-state index contributed by atoms with van der Waals surface area (Å²) in [5, 5.41) is 2.80. The van der Waals surface area contributed by atoms with Crippen molar-refractivity contribution in [3.8, 4) is 0 Å². The molecule has 5 heteroatoms. The third kappa shape index (κ3) is 8.71. The van der Waals surface area contributed by atoms with Gasteiger partial charge in [0.2, 0.25) is 5.91 Å². The first-order valence-corrected chi connectivity index (χ1v) is 7.65. The standard InChI is InChI=1S/C16H31NO4/c1-8-11(2)14(15(19)21-16(4,5)6)17-13(18)10-9-12(3)20-7/h11-12,14H,8-10H2,1-7H3,(H,17,18)/t11-,12?,14-/m0/s1. The summed E-state index contributed by atoms with van der Waals surface area (Å²) in [6.07, 6.45) is 1.78. The third-order valence-corrected chi connectivity index (χ3v) is 3.37. The highest BCUT2D eigenvalue weighted by atomic mass is 16.6. The number of nitrogens with one attached hydrogen (secondary N) is 1. The van der Waals surface area contributed by atoms with Gasteiger partial charge in [-0.15, -0.1) is 0 Å². The Kier molecular flexibility index (Phi) is 8.55. The van der Waals surface area contributed by atoms with E-state index in [1.165, 1.54) is 0 Å². The van der Waals surface area contributed by atoms with Crippen LogP contribution in [-0.4, -0.2) is 36.7 Å². The molecule has 5 nitrogen and oxygen atoms in total. The molecule has 0 aromatic rings. The first kappa shape index (κ1) is 19.9. The monoisotopic (exact) mass is 301 g/mol. The van der Waals surface area contributed by atoms with E-state index in [-0.39, 0.29) is 23.9 Å². The van der Waals surface area contributed by atoms with Gasteiger partial charge in [-0.05, 0) is 40.0 Å². The molecule has 0 aliphatic rings. The summed E-state index contributed by atoms with van der Waals surface area (Å²) < 4.78 is 10.5. The Balaban J connectivity index is 4.63. The molecule has 0 radical (unpaired) electrons. The van der Waals surface area contributed by atoms with Crippen LogP contribution in [0.1, 0.15) is 60.8 Å². The van der Waals surface area contributed by atoms with Crippen LogP contribution in [0.25, 0.3) is 0 Å². The van der Waals surface area contributed by atoms with Crippen molar-refractivity contribution in [2.75, 3.05) is 7.11 Å². The van der Waals surface area contributed by atoms with Crippen molar-refractivity contribution in [2.24, 2.45) is 5.92 Å². The molecule has 0 rings (SSSR count). The number of esters is 1. The third-order valence-electron chi connectivity index (χ3n) is 3.37. The van der Waals surface area contributed by atoms with Gasteiger partial charge in [0.25, 0.3) is 0 Å². The highest BCUT2D eigenvalue weighted by molar-refractivity contribution is 5.84. The van der Waals surface area contributed by atoms with Crippen LogP contribution in [-0.2, 0) is 19.1 Å². The first-order valence-electron chi connectivity index (χ1n) is 7.65. The van der Waals surface area contributed by atoms with Crippen LogP contribution in [0.2, 0.25) is 0 Å². The molecule has 0 aromatic carbocycles. The molecule has 0 aliphatic carbocycles. The molecule has 1 amide bonds. The highest BCUT2D eigenvalue weighted by Gasteiger charge is 2.30. The molecule has 124 valence electrons. The maximum Gasteiger partial charge on any atom is 0.329 e. The second-order valence-electron chi connectivity index (χ2n) is 6.55. The molecule has 0 saturated carbocycles. The lowest BCUT2D eigenvalue weighted by molar-refractivity contribution is -0.160. The fourth-order valence-corrected chi connectivity index (χ4v) is 1.73. The van der Waals surface area contributed by atoms with Crippen molar-refractivity contribution in [3.05, 3.63) is 0 Å². The van der Waals surface area contributed by atoms with Gasteiger partial charge in [-0.2, -0.15) is 0 Å². The lowest BCUT2D eigenvalue weighted by Gasteiger charge is -2.27. The van der Waals surface area contributed by atoms with Crippen LogP contribution in [0.15, 0.2) is 0 Å². The summed E-state index contributed by atoms with van der Waals surface area (Å²) in [5.74, 6) is -0.483. The maximum atomic E-state index is 12.2. The molecule has 0 fully saturated rings. The summed E-state index contributed by atoms with van der Waals surface area (Å²) in [7, 11) is 1.62. The summed E-state index contributed by atoms with van der Waals surface area (Å²) in [5.41, 5.74) is -0.557. The Bertz CT molecular complexity index is 336. The number of methoxy groups -OCH3 is 1. The van der Waals surface area contributed by atoms with Crippen molar-refractivity contribution in [1.29, 1.82) is 0 Å². The summed E-state index contributed by atoms with van der Waals surface area (Å²) >= 11 is 0. The number of carbonyl (C=O) groups excluding carboxylic acids is 2. The second-order valence-corrected chi connectivity index (χ2v) is 6.55. The molecule has 0 saturated heterocycles. The minimum Gasteiger partial charge on any atom is -0.458 e. The number of rotatable bonds is 8. The Morgan fingerprint density at radius 1 is 1.19 bits per heavy atom. The van der Waals surface area contributed by atoms with Crippen LogP contribution < -0.4 is 5.32 Å². The highest BCUT2D eigenvalue weighted by Crippen LogP contribution is 2.15. The van der Waals surface area contributed by atoms with Crippen molar-refractivity contribution >= 4 is 11.9 Å². The number of hydrogen-bond donors (Lipinski definition) is 1. The predicted molar refractivity (Wildman–Crippen MR) is 82.9 cm³/mol. The van der Waals surface area contributed by atoms with Gasteiger partial charge in [-0.1, -0.05) is 20.3 Å². The van der Waals surface area contributed by atoms with E-state index in [2.05, 4.69) is 5.32 Å². The number of hydrogen-bond acceptors (Lipinski definition) is 4. The molecule has 0 aromatic heterocycles. The Morgan fingerprint density at radius 3 is 2.19 bits per heavy atom. The van der Waals surface area contributed by atoms with E-state index < -0.39 is 11.6 Å². The normalized spacial score (nSPS) is 16.0. The van der Waals surface area contributed by atoms with Gasteiger partial charge in [-0.25, -0.2) is 4.79 Å². The van der Waals surface area contributed by atoms with Gasteiger partial charge >= 0.3 is 5.97 Å². The molecule has 21 heavy (non-hydrogen) atoms. The smallest absolute Gasteiger partial charge is 0.329 e. The lowest BCUT2D eigenvalue weighted by atomic mass is 9.98. The van der Waals surface area contributed by atoms with Crippen LogP contribution >= 0.6 is 0 Å². The maximum absolute atomic E-state index is 12.2. The van der Waals surface area contributed by atoms with Gasteiger partial charge < -0.3 is 14.8 Å². The van der Waals surface area contributed by atoms with Crippen molar-refractivity contribution in [1.82, 2.24) is 5.32 Å². The van der Waals surface area contributed by atoms with Gasteiger partial charge in [0.05, 0.1) is 6.10 Å². The molecule has 0 heterocycles. The largest absolute Gasteiger partial charge is 0.458 e. The summed E-state index contributed by atoms with van der Waals surface area (Å²) in [6, 6.07) is -0.598. The minimum absolute atomic E-state index is 0.0272. The number of carbonyl (C=O) groups is 2. The molecule has 0 spiro atoms. The van der Waals surface area contributed by atoms with Gasteiger partial charge in [0, 0.05) is 13.5 Å². The van der Waals surface area contributed by atoms with Crippen LogP contribution in [0.5, 0.6) is 0 Å². The van der Waals surface area contributed by atoms with Gasteiger partial charge in [0.1, 0.15) is 11.6 Å². The summed E-state index contributed by atoms with van der Waals surface area (Å²) in [4.78, 5) is 24.2. The van der Waals surface area contributed by atoms with Crippen molar-refractivity contribution < 1.29 is 19.1 Å². The zero-order chi connectivity index (χ0) is 16.6. The average Bonchev–Trinajstić information content (AvgIpc) is 2.39. The van der Waals surface area contributed by atoms with Crippen molar-refractivity contribution in [3.63, 3.8) is 0 Å². The second kappa shape index (κ2) is 9.03. The Labute approximate surface area is 128 Å². The predicted octanol–water partition coefficient (Wildman–Crippen LogP) is 2.67. The lowest BCUT2D eigenvalue weighted by Crippen LogP contribution is -2.47. The first-order chi connectivity index (χ1) is 9.60. The van der Waals surface area contributed by atoms with Crippen LogP contribution in [0.4, 0.5) is 0 Å². The molecule has 1 unspecified atom stereocenters. The molecule has 0 aliphatic heterocycles. The van der Waals surface area contributed by atoms with E-state index in [1.807, 2.05) is 41.5 Å². The minimum atomic E-state index is -0.598. The average molecular weight is 301 g/mol. The van der Waals surface area contributed by atoms with Gasteiger partial charge in [0.15, 0.2) is 0 Å². The van der Waals surface area contributed by atoms with E-state index in [9.17, 15) is 9.59 Å². The van der Waals surface area contributed by atoms with Gasteiger partial charge in [-0.3, -0.25) is 4.79 Å². The fourth-order valence-electron chi connectivity index (χ4n) is 1.73. The molecule has 0 bridgehead atoms. The van der Waals surface area contributed by atoms with E-state index in [0.717, 1.165) is 6.42 Å². The van der Waals surface area contributed by atoms with Crippen LogP contribution in [0, 0.1) is 5.92 Å². The zero-order valence-corrected chi connectivity index (χ0v) is 14.5. The topological polar surface area (TPSA) is 64.6 Å². The van der Waals surface area contributed by atoms with Crippen molar-refractivity contribution in [2.45, 2.75) is 78.6 Å². The molecular weight excluding hydrogens is 270 g/mol. The van der Waals surface area contributed by atoms with Crippen LogP contribution in [0.3, 0.4) is 0 Å². The summed E-state index contributed by atoms with van der Waals surface area (Å²) in [6.45, 7) is 11.3. The van der Waals surface area contributed by atoms with E-state index >= 15 is 0 Å². The molecule has 3 atom stereocenters. The van der Waals surface area contributed by atoms with E-state index in [1.54, 1.807) is 7.11 Å². The van der Waals surface area contributed by atoms with E-state index in [0.29, 0.717) is 12.8 Å². The molecular formula is C16H31NO4. The zero-order valence-electron chi connectivity index (χ0n) is 14.5.